The van der Waals surface area contributed by atoms with E-state index in [9.17, 15) is 8.42 Å². The van der Waals surface area contributed by atoms with Gasteiger partial charge in [0, 0.05) is 25.8 Å². The number of pyridine rings is 1. The molecule has 0 aliphatic carbocycles. The predicted octanol–water partition coefficient (Wildman–Crippen LogP) is 3.52. The maximum Gasteiger partial charge on any atom is 0.243 e. The van der Waals surface area contributed by atoms with Crippen LogP contribution in [0.5, 0.6) is 0 Å². The highest BCUT2D eigenvalue weighted by Crippen LogP contribution is 2.36. The van der Waals surface area contributed by atoms with E-state index in [4.69, 9.17) is 0 Å². The van der Waals surface area contributed by atoms with Gasteiger partial charge in [-0.15, -0.1) is 0 Å². The number of anilines is 1. The molecule has 4 rings (SSSR count). The average Bonchev–Trinajstić information content (AvgIpc) is 3.34. The normalized spacial score (nSPS) is 21.4. The Hall–Kier alpha value is -1.92. The van der Waals surface area contributed by atoms with E-state index in [1.807, 2.05) is 37.4 Å². The molecule has 0 spiro atoms. The summed E-state index contributed by atoms with van der Waals surface area (Å²) in [6.07, 6.45) is 6.02. The first kappa shape index (κ1) is 17.5. The summed E-state index contributed by atoms with van der Waals surface area (Å²) in [4.78, 5) is 7.27. The van der Waals surface area contributed by atoms with Crippen LogP contribution < -0.4 is 4.90 Å². The predicted molar refractivity (Wildman–Crippen MR) is 103 cm³/mol. The number of benzene rings is 1. The number of nitrogens with zero attached hydrogens (tertiary/aromatic N) is 3. The fourth-order valence-electron chi connectivity index (χ4n) is 3.93. The molecule has 0 bridgehead atoms. The Kier molecular flexibility index (Phi) is 4.71. The van der Waals surface area contributed by atoms with Crippen molar-refractivity contribution >= 4 is 15.8 Å². The van der Waals surface area contributed by atoms with Crippen LogP contribution in [0.3, 0.4) is 0 Å². The van der Waals surface area contributed by atoms with Crippen molar-refractivity contribution in [1.82, 2.24) is 9.29 Å². The molecule has 0 amide bonds. The quantitative estimate of drug-likeness (QED) is 0.825. The van der Waals surface area contributed by atoms with Gasteiger partial charge in [0.25, 0.3) is 0 Å². The van der Waals surface area contributed by atoms with Gasteiger partial charge in [0.15, 0.2) is 0 Å². The van der Waals surface area contributed by atoms with Crippen molar-refractivity contribution in [2.24, 2.45) is 0 Å². The zero-order valence-corrected chi connectivity index (χ0v) is 16.0. The van der Waals surface area contributed by atoms with E-state index in [0.717, 1.165) is 42.9 Å². The maximum atomic E-state index is 13.1. The monoisotopic (exact) mass is 371 g/mol. The summed E-state index contributed by atoms with van der Waals surface area (Å²) in [7, 11) is -3.48. The Balaban J connectivity index is 1.59. The lowest BCUT2D eigenvalue weighted by atomic mass is 10.1. The summed E-state index contributed by atoms with van der Waals surface area (Å²) in [5.41, 5.74) is 2.05. The van der Waals surface area contributed by atoms with Gasteiger partial charge < -0.3 is 4.90 Å². The van der Waals surface area contributed by atoms with Crippen molar-refractivity contribution in [3.8, 4) is 0 Å². The summed E-state index contributed by atoms with van der Waals surface area (Å²) in [5, 5.41) is 0. The van der Waals surface area contributed by atoms with Gasteiger partial charge in [0.2, 0.25) is 10.0 Å². The summed E-state index contributed by atoms with van der Waals surface area (Å²) in [6, 6.07) is 11.1. The van der Waals surface area contributed by atoms with Gasteiger partial charge >= 0.3 is 0 Å². The fourth-order valence-corrected chi connectivity index (χ4v) is 5.62. The first-order chi connectivity index (χ1) is 12.6. The van der Waals surface area contributed by atoms with Crippen molar-refractivity contribution in [1.29, 1.82) is 0 Å². The minimum Gasteiger partial charge on any atom is -0.357 e. The van der Waals surface area contributed by atoms with E-state index in [0.29, 0.717) is 11.4 Å². The van der Waals surface area contributed by atoms with Crippen LogP contribution >= 0.6 is 0 Å². The second-order valence-electron chi connectivity index (χ2n) is 7.23. The summed E-state index contributed by atoms with van der Waals surface area (Å²) in [6.45, 7) is 4.64. The molecular weight excluding hydrogens is 346 g/mol. The molecule has 3 heterocycles. The second kappa shape index (κ2) is 7.00. The third-order valence-corrected chi connectivity index (χ3v) is 7.34. The first-order valence-corrected chi connectivity index (χ1v) is 10.8. The van der Waals surface area contributed by atoms with E-state index in [-0.39, 0.29) is 6.04 Å². The number of hydrogen-bond acceptors (Lipinski definition) is 4. The molecule has 138 valence electrons. The molecule has 1 aromatic heterocycles. The van der Waals surface area contributed by atoms with Gasteiger partial charge in [-0.25, -0.2) is 13.4 Å². The molecule has 2 aromatic rings. The maximum absolute atomic E-state index is 13.1. The Labute approximate surface area is 155 Å². The number of hydrogen-bond donors (Lipinski definition) is 0. The molecule has 2 saturated heterocycles. The summed E-state index contributed by atoms with van der Waals surface area (Å²) >= 11 is 0. The molecule has 1 aromatic carbocycles. The van der Waals surface area contributed by atoms with Crippen LogP contribution in [0.15, 0.2) is 47.5 Å². The highest BCUT2D eigenvalue weighted by Gasteiger charge is 2.36. The molecule has 0 saturated carbocycles. The molecule has 26 heavy (non-hydrogen) atoms. The number of aryl methyl sites for hydroxylation is 1. The van der Waals surface area contributed by atoms with Gasteiger partial charge in [0.1, 0.15) is 5.82 Å². The number of aromatic nitrogens is 1. The van der Waals surface area contributed by atoms with Crippen molar-refractivity contribution in [2.75, 3.05) is 24.5 Å². The van der Waals surface area contributed by atoms with Gasteiger partial charge in [-0.3, -0.25) is 0 Å². The molecule has 2 aliphatic heterocycles. The lowest BCUT2D eigenvalue weighted by Gasteiger charge is -2.25. The third kappa shape index (κ3) is 3.23. The fraction of sp³-hybridized carbons (Fsp3) is 0.450. The van der Waals surface area contributed by atoms with Crippen molar-refractivity contribution in [2.45, 2.75) is 43.5 Å². The molecule has 2 fully saturated rings. The van der Waals surface area contributed by atoms with E-state index in [1.165, 1.54) is 12.8 Å². The molecule has 0 N–H and O–H groups in total. The van der Waals surface area contributed by atoms with Gasteiger partial charge in [0.05, 0.1) is 10.9 Å². The summed E-state index contributed by atoms with van der Waals surface area (Å²) in [5.74, 6) is 0.997. The first-order valence-electron chi connectivity index (χ1n) is 9.35. The van der Waals surface area contributed by atoms with Gasteiger partial charge in [-0.2, -0.15) is 4.31 Å². The van der Waals surface area contributed by atoms with Crippen molar-refractivity contribution in [3.05, 3.63) is 53.7 Å². The summed E-state index contributed by atoms with van der Waals surface area (Å²) < 4.78 is 27.8. The van der Waals surface area contributed by atoms with Gasteiger partial charge in [-0.05, 0) is 56.4 Å². The lowest BCUT2D eigenvalue weighted by Crippen LogP contribution is -2.30. The molecule has 1 atom stereocenters. The van der Waals surface area contributed by atoms with Crippen LogP contribution in [-0.2, 0) is 10.0 Å². The molecule has 0 unspecified atom stereocenters. The Morgan fingerprint density at radius 1 is 0.962 bits per heavy atom. The smallest absolute Gasteiger partial charge is 0.243 e. The molecule has 0 radical (unpaired) electrons. The van der Waals surface area contributed by atoms with Crippen LogP contribution in [0, 0.1) is 6.92 Å². The van der Waals surface area contributed by atoms with Crippen LogP contribution in [0.2, 0.25) is 0 Å². The number of rotatable bonds is 4. The minimum atomic E-state index is -3.48. The van der Waals surface area contributed by atoms with Crippen LogP contribution in [-0.4, -0.2) is 37.3 Å². The average molecular weight is 372 g/mol. The Bertz CT molecular complexity index is 857. The largest absolute Gasteiger partial charge is 0.357 e. The molecular formula is C20H25N3O2S. The van der Waals surface area contributed by atoms with Crippen molar-refractivity contribution < 1.29 is 8.42 Å². The van der Waals surface area contributed by atoms with E-state index >= 15 is 0 Å². The highest BCUT2D eigenvalue weighted by molar-refractivity contribution is 7.89. The molecule has 5 nitrogen and oxygen atoms in total. The standard InChI is InChI=1S/C20H25N3O2S/c1-16-6-9-18(10-7-16)26(24,25)23-14-4-5-19(23)17-8-11-20(21-15-17)22-12-2-3-13-22/h6-11,15,19H,2-5,12-14H2,1H3/t19-/m1/s1. The number of sulfonamides is 1. The van der Waals surface area contributed by atoms with Crippen molar-refractivity contribution in [3.63, 3.8) is 0 Å². The van der Waals surface area contributed by atoms with Crippen LogP contribution in [0.1, 0.15) is 42.9 Å². The van der Waals surface area contributed by atoms with E-state index < -0.39 is 10.0 Å². The van der Waals surface area contributed by atoms with Crippen LogP contribution in [0.25, 0.3) is 0 Å². The molecule has 2 aliphatic rings. The topological polar surface area (TPSA) is 53.5 Å². The van der Waals surface area contributed by atoms with E-state index in [2.05, 4.69) is 9.88 Å². The Morgan fingerprint density at radius 2 is 1.69 bits per heavy atom. The van der Waals surface area contributed by atoms with E-state index in [1.54, 1.807) is 16.4 Å². The lowest BCUT2D eigenvalue weighted by molar-refractivity contribution is 0.396. The third-order valence-electron chi connectivity index (χ3n) is 5.42. The Morgan fingerprint density at radius 3 is 2.35 bits per heavy atom. The SMILES string of the molecule is Cc1ccc(S(=O)(=O)N2CCC[C@@H]2c2ccc(N3CCCC3)nc2)cc1. The minimum absolute atomic E-state index is 0.124. The second-order valence-corrected chi connectivity index (χ2v) is 9.12. The zero-order chi connectivity index (χ0) is 18.1. The van der Waals surface area contributed by atoms with Crippen LogP contribution in [0.4, 0.5) is 5.82 Å². The van der Waals surface area contributed by atoms with Gasteiger partial charge in [-0.1, -0.05) is 23.8 Å². The molecule has 6 heteroatoms. The zero-order valence-electron chi connectivity index (χ0n) is 15.1. The highest BCUT2D eigenvalue weighted by atomic mass is 32.2.